The average Bonchev–Trinajstić information content (AvgIpc) is 2.40. The predicted molar refractivity (Wildman–Crippen MR) is 83.1 cm³/mol. The fraction of sp³-hybridized carbons (Fsp3) is 0.133. The highest BCUT2D eigenvalue weighted by molar-refractivity contribution is 9.10. The first-order valence-electron chi connectivity index (χ1n) is 5.68. The SMILES string of the molecule is Cc1ccc(F)c(C=O)c1Br.Cc1ccc(F)cc1Br. The molecule has 0 aromatic heterocycles. The summed E-state index contributed by atoms with van der Waals surface area (Å²) in [5.74, 6) is -0.690. The van der Waals surface area contributed by atoms with Crippen LogP contribution in [0.2, 0.25) is 0 Å². The number of carbonyl (C=O) groups is 1. The Hall–Kier alpha value is -1.07. The minimum Gasteiger partial charge on any atom is -0.298 e. The molecule has 0 aliphatic heterocycles. The largest absolute Gasteiger partial charge is 0.298 e. The Bertz CT molecular complexity index is 628. The van der Waals surface area contributed by atoms with Gasteiger partial charge in [-0.15, -0.1) is 0 Å². The van der Waals surface area contributed by atoms with Gasteiger partial charge >= 0.3 is 0 Å². The fourth-order valence-corrected chi connectivity index (χ4v) is 2.12. The molecule has 0 saturated heterocycles. The summed E-state index contributed by atoms with van der Waals surface area (Å²) in [7, 11) is 0. The van der Waals surface area contributed by atoms with Crippen molar-refractivity contribution in [3.8, 4) is 0 Å². The summed E-state index contributed by atoms with van der Waals surface area (Å²) in [5, 5.41) is 0. The zero-order valence-electron chi connectivity index (χ0n) is 10.9. The van der Waals surface area contributed by atoms with Gasteiger partial charge in [-0.25, -0.2) is 8.78 Å². The maximum absolute atomic E-state index is 12.8. The van der Waals surface area contributed by atoms with Crippen molar-refractivity contribution in [1.29, 1.82) is 0 Å². The van der Waals surface area contributed by atoms with Gasteiger partial charge in [-0.1, -0.05) is 28.1 Å². The molecular weight excluding hydrogens is 394 g/mol. The van der Waals surface area contributed by atoms with Gasteiger partial charge in [0.1, 0.15) is 11.6 Å². The maximum Gasteiger partial charge on any atom is 0.154 e. The van der Waals surface area contributed by atoms with Crippen molar-refractivity contribution in [2.45, 2.75) is 13.8 Å². The van der Waals surface area contributed by atoms with Gasteiger partial charge in [0.2, 0.25) is 0 Å². The Morgan fingerprint density at radius 2 is 1.60 bits per heavy atom. The van der Waals surface area contributed by atoms with Crippen molar-refractivity contribution in [1.82, 2.24) is 0 Å². The summed E-state index contributed by atoms with van der Waals surface area (Å²) in [6, 6.07) is 7.53. The van der Waals surface area contributed by atoms with E-state index in [2.05, 4.69) is 31.9 Å². The third kappa shape index (κ3) is 4.49. The highest BCUT2D eigenvalue weighted by Gasteiger charge is 2.06. The average molecular weight is 406 g/mol. The second kappa shape index (κ2) is 7.64. The van der Waals surface area contributed by atoms with Crippen molar-refractivity contribution < 1.29 is 13.6 Å². The number of aldehydes is 1. The van der Waals surface area contributed by atoms with Crippen LogP contribution < -0.4 is 0 Å². The second-order valence-corrected chi connectivity index (χ2v) is 5.75. The molecule has 0 aliphatic carbocycles. The van der Waals surface area contributed by atoms with Crippen molar-refractivity contribution in [2.24, 2.45) is 0 Å². The van der Waals surface area contributed by atoms with Gasteiger partial charge < -0.3 is 0 Å². The third-order valence-electron chi connectivity index (χ3n) is 2.57. The maximum atomic E-state index is 12.8. The van der Waals surface area contributed by atoms with Gasteiger partial charge in [-0.2, -0.15) is 0 Å². The molecule has 5 heteroatoms. The lowest BCUT2D eigenvalue weighted by Crippen LogP contribution is -1.91. The molecule has 20 heavy (non-hydrogen) atoms. The van der Waals surface area contributed by atoms with Crippen LogP contribution in [0.15, 0.2) is 39.3 Å². The summed E-state index contributed by atoms with van der Waals surface area (Å²) in [6.07, 6.45) is 0.506. The number of halogens is 4. The first-order valence-corrected chi connectivity index (χ1v) is 7.27. The molecule has 0 atom stereocenters. The highest BCUT2D eigenvalue weighted by Crippen LogP contribution is 2.21. The van der Waals surface area contributed by atoms with Crippen LogP contribution in [0.25, 0.3) is 0 Å². The van der Waals surface area contributed by atoms with Gasteiger partial charge in [0.05, 0.1) is 5.56 Å². The molecule has 2 rings (SSSR count). The van der Waals surface area contributed by atoms with Crippen LogP contribution in [0.1, 0.15) is 21.5 Å². The van der Waals surface area contributed by atoms with Gasteiger partial charge in [-0.05, 0) is 59.1 Å². The predicted octanol–water partition coefficient (Wildman–Crippen LogP) is 5.61. The Labute approximate surface area is 133 Å². The molecule has 106 valence electrons. The molecule has 0 unspecified atom stereocenters. The first kappa shape index (κ1) is 17.0. The normalized spacial score (nSPS) is 9.70. The lowest BCUT2D eigenvalue weighted by atomic mass is 10.1. The van der Waals surface area contributed by atoms with Crippen LogP contribution in [0.4, 0.5) is 8.78 Å². The fourth-order valence-electron chi connectivity index (χ4n) is 1.35. The van der Waals surface area contributed by atoms with Gasteiger partial charge in [-0.3, -0.25) is 4.79 Å². The van der Waals surface area contributed by atoms with E-state index in [0.29, 0.717) is 10.8 Å². The van der Waals surface area contributed by atoms with Crippen LogP contribution in [-0.4, -0.2) is 6.29 Å². The van der Waals surface area contributed by atoms with Crippen LogP contribution in [-0.2, 0) is 0 Å². The number of aryl methyl sites for hydroxylation is 2. The highest BCUT2D eigenvalue weighted by atomic mass is 79.9. The molecule has 2 aromatic rings. The van der Waals surface area contributed by atoms with Crippen molar-refractivity contribution in [3.05, 3.63) is 67.6 Å². The number of carbonyl (C=O) groups excluding carboxylic acids is 1. The molecule has 0 fully saturated rings. The summed E-state index contributed by atoms with van der Waals surface area (Å²) in [5.41, 5.74) is 2.00. The Kier molecular flexibility index (Phi) is 6.49. The number of benzene rings is 2. The second-order valence-electron chi connectivity index (χ2n) is 4.10. The Morgan fingerprint density at radius 3 is 2.05 bits per heavy atom. The lowest BCUT2D eigenvalue weighted by molar-refractivity contribution is 0.111. The van der Waals surface area contributed by atoms with E-state index in [1.165, 1.54) is 18.2 Å². The number of hydrogen-bond donors (Lipinski definition) is 0. The molecule has 0 spiro atoms. The molecule has 0 radical (unpaired) electrons. The number of hydrogen-bond acceptors (Lipinski definition) is 1. The minimum absolute atomic E-state index is 0.0880. The van der Waals surface area contributed by atoms with Crippen LogP contribution >= 0.6 is 31.9 Å². The van der Waals surface area contributed by atoms with E-state index < -0.39 is 5.82 Å². The standard InChI is InChI=1S/C8H6BrFO.C7H6BrF/c1-5-2-3-7(10)6(4-11)8(5)9;1-5-2-3-6(9)4-7(5)8/h2-4H,1H3;2-4H,1H3. The summed E-state index contributed by atoms with van der Waals surface area (Å²) >= 11 is 6.33. The molecule has 0 heterocycles. The first-order chi connectivity index (χ1) is 9.36. The molecule has 0 N–H and O–H groups in total. The van der Waals surface area contributed by atoms with E-state index in [1.54, 1.807) is 19.1 Å². The van der Waals surface area contributed by atoms with E-state index in [0.717, 1.165) is 15.6 Å². The molecule has 0 aliphatic rings. The smallest absolute Gasteiger partial charge is 0.154 e. The summed E-state index contributed by atoms with van der Waals surface area (Å²) in [4.78, 5) is 10.3. The van der Waals surface area contributed by atoms with Crippen LogP contribution in [0, 0.1) is 25.5 Å². The summed E-state index contributed by atoms with van der Waals surface area (Å²) in [6.45, 7) is 3.72. The number of rotatable bonds is 1. The van der Waals surface area contributed by atoms with E-state index in [-0.39, 0.29) is 11.4 Å². The van der Waals surface area contributed by atoms with Crippen molar-refractivity contribution in [3.63, 3.8) is 0 Å². The van der Waals surface area contributed by atoms with E-state index >= 15 is 0 Å². The van der Waals surface area contributed by atoms with E-state index in [4.69, 9.17) is 0 Å². The van der Waals surface area contributed by atoms with Gasteiger partial charge in [0, 0.05) is 8.95 Å². The zero-order valence-corrected chi connectivity index (χ0v) is 14.1. The molecule has 0 saturated carbocycles. The zero-order chi connectivity index (χ0) is 15.3. The third-order valence-corrected chi connectivity index (χ3v) is 4.48. The monoisotopic (exact) mass is 404 g/mol. The van der Waals surface area contributed by atoms with E-state index in [9.17, 15) is 13.6 Å². The minimum atomic E-state index is -0.488. The van der Waals surface area contributed by atoms with Crippen LogP contribution in [0.3, 0.4) is 0 Å². The lowest BCUT2D eigenvalue weighted by Gasteiger charge is -2.00. The van der Waals surface area contributed by atoms with E-state index in [1.807, 2.05) is 6.92 Å². The van der Waals surface area contributed by atoms with Gasteiger partial charge in [0.15, 0.2) is 6.29 Å². The molecular formula is C15H12Br2F2O. The summed E-state index contributed by atoms with van der Waals surface area (Å²) < 4.78 is 26.4. The quantitative estimate of drug-likeness (QED) is 0.564. The molecule has 0 amide bonds. The molecule has 0 bridgehead atoms. The molecule has 1 nitrogen and oxygen atoms in total. The van der Waals surface area contributed by atoms with Crippen molar-refractivity contribution in [2.75, 3.05) is 0 Å². The Balaban J connectivity index is 0.000000204. The van der Waals surface area contributed by atoms with Crippen LogP contribution in [0.5, 0.6) is 0 Å². The molecule has 2 aromatic carbocycles. The topological polar surface area (TPSA) is 17.1 Å². The van der Waals surface area contributed by atoms with Gasteiger partial charge in [0.25, 0.3) is 0 Å². The van der Waals surface area contributed by atoms with Crippen molar-refractivity contribution >= 4 is 38.1 Å². The Morgan fingerprint density at radius 1 is 1.00 bits per heavy atom.